The average Bonchev–Trinajstić information content (AvgIpc) is 2.76. The molecule has 7 nitrogen and oxygen atoms in total. The molecule has 31 heavy (non-hydrogen) atoms. The van der Waals surface area contributed by atoms with E-state index in [1.54, 1.807) is 12.4 Å². The van der Waals surface area contributed by atoms with Crippen molar-refractivity contribution in [3.05, 3.63) is 65.7 Å². The standard InChI is InChI=1S/C22H22F2N6O/c23-16-5-1-4-15(20(16)24)22-28-11-17(26)21(29-22)19(31)9-13-10-27-7-6-18(13)30-8-2-3-14(25)12-30/h1,4-7,10-11,14H,2-3,8-9,12,25-26H2/t14-/m0/s1. The number of carbonyl (C=O) groups excluding carboxylic acids is 1. The van der Waals surface area contributed by atoms with Gasteiger partial charge in [-0.2, -0.15) is 0 Å². The molecule has 0 saturated carbocycles. The first-order valence-electron chi connectivity index (χ1n) is 9.97. The zero-order valence-electron chi connectivity index (χ0n) is 16.8. The van der Waals surface area contributed by atoms with Gasteiger partial charge < -0.3 is 16.4 Å². The van der Waals surface area contributed by atoms with Crippen LogP contribution in [0.5, 0.6) is 0 Å². The lowest BCUT2D eigenvalue weighted by Crippen LogP contribution is -2.43. The molecule has 4 N–H and O–H groups in total. The van der Waals surface area contributed by atoms with Gasteiger partial charge in [-0.05, 0) is 31.0 Å². The maximum Gasteiger partial charge on any atom is 0.187 e. The number of anilines is 2. The van der Waals surface area contributed by atoms with Crippen molar-refractivity contribution >= 4 is 17.2 Å². The van der Waals surface area contributed by atoms with Crippen molar-refractivity contribution in [2.45, 2.75) is 25.3 Å². The number of aromatic nitrogens is 3. The second-order valence-corrected chi connectivity index (χ2v) is 7.55. The van der Waals surface area contributed by atoms with Gasteiger partial charge in [-0.1, -0.05) is 6.07 Å². The van der Waals surface area contributed by atoms with E-state index in [-0.39, 0.29) is 41.0 Å². The number of piperidine rings is 1. The van der Waals surface area contributed by atoms with E-state index in [2.05, 4.69) is 19.9 Å². The second kappa shape index (κ2) is 8.73. The van der Waals surface area contributed by atoms with Crippen molar-refractivity contribution in [2.75, 3.05) is 23.7 Å². The highest BCUT2D eigenvalue weighted by Crippen LogP contribution is 2.26. The molecule has 1 atom stereocenters. The highest BCUT2D eigenvalue weighted by Gasteiger charge is 2.22. The molecule has 1 aromatic carbocycles. The average molecular weight is 424 g/mol. The highest BCUT2D eigenvalue weighted by molar-refractivity contribution is 6.00. The molecule has 1 aliphatic heterocycles. The normalized spacial score (nSPS) is 16.4. The van der Waals surface area contributed by atoms with Crippen LogP contribution in [0, 0.1) is 11.6 Å². The summed E-state index contributed by atoms with van der Waals surface area (Å²) in [6.45, 7) is 1.54. The predicted molar refractivity (Wildman–Crippen MR) is 113 cm³/mol. The van der Waals surface area contributed by atoms with Gasteiger partial charge >= 0.3 is 0 Å². The fourth-order valence-electron chi connectivity index (χ4n) is 3.77. The van der Waals surface area contributed by atoms with Crippen LogP contribution in [0.4, 0.5) is 20.2 Å². The minimum Gasteiger partial charge on any atom is -0.396 e. The van der Waals surface area contributed by atoms with Gasteiger partial charge in [0.25, 0.3) is 0 Å². The number of ketones is 1. The second-order valence-electron chi connectivity index (χ2n) is 7.55. The molecule has 0 unspecified atom stereocenters. The Labute approximate surface area is 178 Å². The molecule has 0 radical (unpaired) electrons. The highest BCUT2D eigenvalue weighted by atomic mass is 19.2. The van der Waals surface area contributed by atoms with Gasteiger partial charge in [0, 0.05) is 49.2 Å². The first kappa shape index (κ1) is 20.8. The lowest BCUT2D eigenvalue weighted by atomic mass is 10.0. The number of Topliss-reactive ketones (excluding diaryl/α,β-unsaturated/α-hetero) is 1. The zero-order chi connectivity index (χ0) is 22.0. The molecule has 9 heteroatoms. The summed E-state index contributed by atoms with van der Waals surface area (Å²) >= 11 is 0. The molecule has 1 fully saturated rings. The summed E-state index contributed by atoms with van der Waals surface area (Å²) in [5, 5.41) is 0. The van der Waals surface area contributed by atoms with Crippen LogP contribution in [0.15, 0.2) is 42.9 Å². The van der Waals surface area contributed by atoms with Crippen LogP contribution >= 0.6 is 0 Å². The summed E-state index contributed by atoms with van der Waals surface area (Å²) in [6.07, 6.45) is 6.48. The van der Waals surface area contributed by atoms with Gasteiger partial charge in [-0.3, -0.25) is 9.78 Å². The molecule has 4 rings (SSSR count). The van der Waals surface area contributed by atoms with Crippen molar-refractivity contribution in [1.82, 2.24) is 15.0 Å². The van der Waals surface area contributed by atoms with Crippen molar-refractivity contribution in [2.24, 2.45) is 5.73 Å². The summed E-state index contributed by atoms with van der Waals surface area (Å²) in [5.41, 5.74) is 13.5. The smallest absolute Gasteiger partial charge is 0.187 e. The van der Waals surface area contributed by atoms with Crippen LogP contribution in [0.1, 0.15) is 28.9 Å². The third-order valence-corrected chi connectivity index (χ3v) is 5.30. The number of carbonyl (C=O) groups is 1. The van der Waals surface area contributed by atoms with E-state index in [0.29, 0.717) is 6.54 Å². The van der Waals surface area contributed by atoms with Crippen molar-refractivity contribution < 1.29 is 13.6 Å². The maximum atomic E-state index is 14.2. The van der Waals surface area contributed by atoms with Crippen LogP contribution in [0.25, 0.3) is 11.4 Å². The molecular weight excluding hydrogens is 402 g/mol. The van der Waals surface area contributed by atoms with E-state index in [4.69, 9.17) is 11.5 Å². The maximum absolute atomic E-state index is 14.2. The summed E-state index contributed by atoms with van der Waals surface area (Å²) in [6, 6.07) is 5.62. The Morgan fingerprint density at radius 2 is 2.06 bits per heavy atom. The Balaban J connectivity index is 1.64. The van der Waals surface area contributed by atoms with E-state index in [0.717, 1.165) is 36.7 Å². The lowest BCUT2D eigenvalue weighted by molar-refractivity contribution is 0.0989. The van der Waals surface area contributed by atoms with Gasteiger partial charge in [0.2, 0.25) is 0 Å². The third-order valence-electron chi connectivity index (χ3n) is 5.30. The quantitative estimate of drug-likeness (QED) is 0.606. The Bertz CT molecular complexity index is 1120. The van der Waals surface area contributed by atoms with Crippen LogP contribution in [0.2, 0.25) is 0 Å². The first-order chi connectivity index (χ1) is 14.9. The van der Waals surface area contributed by atoms with E-state index in [9.17, 15) is 13.6 Å². The molecule has 1 aliphatic rings. The molecule has 0 bridgehead atoms. The number of hydrogen-bond donors (Lipinski definition) is 2. The Hall–Kier alpha value is -3.46. The molecule has 3 heterocycles. The number of rotatable bonds is 5. The van der Waals surface area contributed by atoms with Gasteiger partial charge in [-0.25, -0.2) is 18.7 Å². The van der Waals surface area contributed by atoms with Crippen LogP contribution in [-0.2, 0) is 6.42 Å². The topological polar surface area (TPSA) is 111 Å². The fourth-order valence-corrected chi connectivity index (χ4v) is 3.77. The molecule has 0 spiro atoms. The molecule has 3 aromatic rings. The van der Waals surface area contributed by atoms with E-state index >= 15 is 0 Å². The summed E-state index contributed by atoms with van der Waals surface area (Å²) in [7, 11) is 0. The lowest BCUT2D eigenvalue weighted by Gasteiger charge is -2.33. The van der Waals surface area contributed by atoms with Crippen LogP contribution in [0.3, 0.4) is 0 Å². The number of hydrogen-bond acceptors (Lipinski definition) is 7. The third kappa shape index (κ3) is 4.36. The zero-order valence-corrected chi connectivity index (χ0v) is 16.8. The molecule has 0 aliphatic carbocycles. The van der Waals surface area contributed by atoms with Crippen LogP contribution < -0.4 is 16.4 Å². The monoisotopic (exact) mass is 424 g/mol. The van der Waals surface area contributed by atoms with Crippen molar-refractivity contribution in [3.63, 3.8) is 0 Å². The van der Waals surface area contributed by atoms with E-state index in [1.807, 2.05) is 6.07 Å². The Morgan fingerprint density at radius 1 is 1.23 bits per heavy atom. The van der Waals surface area contributed by atoms with E-state index in [1.165, 1.54) is 18.3 Å². The Kier molecular flexibility index (Phi) is 5.85. The van der Waals surface area contributed by atoms with E-state index < -0.39 is 11.6 Å². The molecule has 1 saturated heterocycles. The SMILES string of the molecule is Nc1cnc(-c2cccc(F)c2F)nc1C(=O)Cc1cnccc1N1CCC[C@H](N)C1. The molecular formula is C22H22F2N6O. The first-order valence-corrected chi connectivity index (χ1v) is 9.97. The van der Waals surface area contributed by atoms with Crippen molar-refractivity contribution in [3.8, 4) is 11.4 Å². The minimum absolute atomic E-state index is 0.00119. The summed E-state index contributed by atoms with van der Waals surface area (Å²) < 4.78 is 27.8. The number of benzene rings is 1. The fraction of sp³-hybridized carbons (Fsp3) is 0.273. The van der Waals surface area contributed by atoms with Gasteiger partial charge in [0.15, 0.2) is 23.2 Å². The Morgan fingerprint density at radius 3 is 2.87 bits per heavy atom. The molecule has 0 amide bonds. The van der Waals surface area contributed by atoms with Gasteiger partial charge in [0.1, 0.15) is 5.69 Å². The number of nitrogens with two attached hydrogens (primary N) is 2. The molecule has 160 valence electrons. The minimum atomic E-state index is -1.08. The summed E-state index contributed by atoms with van der Waals surface area (Å²) in [5.74, 6) is -2.58. The number of nitrogens with zero attached hydrogens (tertiary/aromatic N) is 4. The largest absolute Gasteiger partial charge is 0.396 e. The number of nitrogen functional groups attached to an aromatic ring is 1. The van der Waals surface area contributed by atoms with Crippen LogP contribution in [-0.4, -0.2) is 39.9 Å². The number of halogens is 2. The predicted octanol–water partition coefficient (Wildman–Crippen LogP) is 2.75. The van der Waals surface area contributed by atoms with Crippen molar-refractivity contribution in [1.29, 1.82) is 0 Å². The van der Waals surface area contributed by atoms with Gasteiger partial charge in [-0.15, -0.1) is 0 Å². The van der Waals surface area contributed by atoms with Gasteiger partial charge in [0.05, 0.1) is 17.4 Å². The summed E-state index contributed by atoms with van der Waals surface area (Å²) in [4.78, 5) is 27.5. The number of pyridine rings is 1. The molecule has 2 aromatic heterocycles.